The first-order valence-corrected chi connectivity index (χ1v) is 8.99. The van der Waals surface area contributed by atoms with Gasteiger partial charge < -0.3 is 0 Å². The van der Waals surface area contributed by atoms with Crippen LogP contribution < -0.4 is 0 Å². The van der Waals surface area contributed by atoms with Crippen LogP contribution in [0.15, 0.2) is 30.3 Å². The predicted molar refractivity (Wildman–Crippen MR) is 84.6 cm³/mol. The Labute approximate surface area is 123 Å². The van der Waals surface area contributed by atoms with Gasteiger partial charge in [-0.05, 0) is 29.9 Å². The number of hydrogen-bond donors (Lipinski definition) is 0. The molecular weight excluding hydrogens is 272 g/mol. The van der Waals surface area contributed by atoms with E-state index in [1.165, 1.54) is 23.5 Å². The van der Waals surface area contributed by atoms with Gasteiger partial charge in [-0.2, -0.15) is 0 Å². The zero-order chi connectivity index (χ0) is 13.3. The fourth-order valence-electron chi connectivity index (χ4n) is 3.36. The van der Waals surface area contributed by atoms with Crippen molar-refractivity contribution < 1.29 is 4.79 Å². The molecule has 0 amide bonds. The number of carbonyl (C=O) groups excluding carboxylic acids is 1. The van der Waals surface area contributed by atoms with Crippen molar-refractivity contribution in [3.63, 3.8) is 0 Å². The summed E-state index contributed by atoms with van der Waals surface area (Å²) in [6, 6.07) is 10.8. The molecular formula is C16H20OS2. The van der Waals surface area contributed by atoms with E-state index in [0.29, 0.717) is 5.78 Å². The van der Waals surface area contributed by atoms with E-state index in [0.717, 1.165) is 19.3 Å². The Morgan fingerprint density at radius 2 is 1.79 bits per heavy atom. The molecule has 2 aliphatic rings. The minimum atomic E-state index is 0.0820. The van der Waals surface area contributed by atoms with Crippen LogP contribution in [0.2, 0.25) is 0 Å². The van der Waals surface area contributed by atoms with Crippen LogP contribution in [0.25, 0.3) is 0 Å². The summed E-state index contributed by atoms with van der Waals surface area (Å²) in [6.07, 6.45) is 3.85. The molecule has 19 heavy (non-hydrogen) atoms. The van der Waals surface area contributed by atoms with Gasteiger partial charge in [0.1, 0.15) is 5.78 Å². The zero-order valence-corrected chi connectivity index (χ0v) is 13.0. The molecule has 1 saturated heterocycles. The normalized spacial score (nSPS) is 30.5. The highest BCUT2D eigenvalue weighted by molar-refractivity contribution is 8.18. The minimum absolute atomic E-state index is 0.0820. The molecule has 3 rings (SSSR count). The summed E-state index contributed by atoms with van der Waals surface area (Å²) in [7, 11) is 0. The van der Waals surface area contributed by atoms with Gasteiger partial charge in [-0.3, -0.25) is 4.79 Å². The number of hydrogen-bond acceptors (Lipinski definition) is 3. The fourth-order valence-corrected chi connectivity index (χ4v) is 7.18. The van der Waals surface area contributed by atoms with Crippen LogP contribution in [0.4, 0.5) is 0 Å². The monoisotopic (exact) mass is 292 g/mol. The Kier molecular flexibility index (Phi) is 3.69. The lowest BCUT2D eigenvalue weighted by molar-refractivity contribution is -0.118. The van der Waals surface area contributed by atoms with E-state index in [1.807, 2.05) is 0 Å². The average Bonchev–Trinajstić information content (AvgIpc) is 2.82. The van der Waals surface area contributed by atoms with Gasteiger partial charge in [0, 0.05) is 18.3 Å². The summed E-state index contributed by atoms with van der Waals surface area (Å²) in [4.78, 5) is 11.9. The average molecular weight is 292 g/mol. The molecule has 0 radical (unpaired) electrons. The number of carbonyl (C=O) groups is 1. The maximum atomic E-state index is 11.9. The van der Waals surface area contributed by atoms with Crippen molar-refractivity contribution in [3.05, 3.63) is 35.9 Å². The molecule has 0 N–H and O–H groups in total. The van der Waals surface area contributed by atoms with Crippen molar-refractivity contribution in [3.8, 4) is 0 Å². The van der Waals surface area contributed by atoms with Crippen molar-refractivity contribution in [2.45, 2.75) is 36.7 Å². The molecule has 1 aromatic carbocycles. The number of ketones is 1. The molecule has 0 spiro atoms. The number of thioether (sulfide) groups is 2. The SMILES string of the molecule is CC1(C2(c3ccccc3)SCCCS2)CCC(=O)C1. The van der Waals surface area contributed by atoms with Crippen LogP contribution in [0, 0.1) is 5.41 Å². The molecule has 1 aromatic rings. The highest BCUT2D eigenvalue weighted by Gasteiger charge is 2.54. The van der Waals surface area contributed by atoms with E-state index in [1.54, 1.807) is 0 Å². The quantitative estimate of drug-likeness (QED) is 0.800. The van der Waals surface area contributed by atoms with E-state index in [9.17, 15) is 4.79 Å². The van der Waals surface area contributed by atoms with E-state index >= 15 is 0 Å². The third-order valence-corrected chi connectivity index (χ3v) is 8.35. The first-order chi connectivity index (χ1) is 9.16. The summed E-state index contributed by atoms with van der Waals surface area (Å²) in [5.74, 6) is 2.88. The van der Waals surface area contributed by atoms with Crippen molar-refractivity contribution in [2.75, 3.05) is 11.5 Å². The van der Waals surface area contributed by atoms with E-state index in [2.05, 4.69) is 60.8 Å². The second-order valence-corrected chi connectivity index (χ2v) is 8.69. The molecule has 102 valence electrons. The number of rotatable bonds is 2. The summed E-state index contributed by atoms with van der Waals surface area (Å²) in [5.41, 5.74) is 1.52. The van der Waals surface area contributed by atoms with Gasteiger partial charge in [0.05, 0.1) is 4.08 Å². The lowest BCUT2D eigenvalue weighted by Crippen LogP contribution is -2.39. The van der Waals surface area contributed by atoms with Crippen LogP contribution in [0.5, 0.6) is 0 Å². The summed E-state index contributed by atoms with van der Waals surface area (Å²) >= 11 is 4.15. The van der Waals surface area contributed by atoms with E-state index in [-0.39, 0.29) is 9.49 Å². The van der Waals surface area contributed by atoms with Crippen LogP contribution in [-0.2, 0) is 8.87 Å². The third-order valence-electron chi connectivity index (χ3n) is 4.39. The smallest absolute Gasteiger partial charge is 0.133 e. The van der Waals surface area contributed by atoms with Crippen LogP contribution in [0.3, 0.4) is 0 Å². The highest BCUT2D eigenvalue weighted by Crippen LogP contribution is 2.64. The number of Topliss-reactive ketones (excluding diaryl/α,β-unsaturated/α-hetero) is 1. The standard InChI is InChI=1S/C16H20OS2/c1-15(9-8-14(17)12-15)16(18-10-5-11-19-16)13-6-3-2-4-7-13/h2-4,6-7H,5,8-12H2,1H3. The first kappa shape index (κ1) is 13.6. The van der Waals surface area contributed by atoms with Gasteiger partial charge >= 0.3 is 0 Å². The van der Waals surface area contributed by atoms with Gasteiger partial charge in [0.2, 0.25) is 0 Å². The fraction of sp³-hybridized carbons (Fsp3) is 0.562. The van der Waals surface area contributed by atoms with Crippen molar-refractivity contribution >= 4 is 29.3 Å². The van der Waals surface area contributed by atoms with Gasteiger partial charge in [-0.15, -0.1) is 23.5 Å². The van der Waals surface area contributed by atoms with Crippen molar-refractivity contribution in [1.29, 1.82) is 0 Å². The lowest BCUT2D eigenvalue weighted by Gasteiger charge is -2.48. The maximum absolute atomic E-state index is 11.9. The van der Waals surface area contributed by atoms with Crippen molar-refractivity contribution in [1.82, 2.24) is 0 Å². The van der Waals surface area contributed by atoms with Crippen LogP contribution >= 0.6 is 23.5 Å². The summed E-state index contributed by atoms with van der Waals surface area (Å²) < 4.78 is 0.0820. The van der Waals surface area contributed by atoms with Crippen molar-refractivity contribution in [2.24, 2.45) is 5.41 Å². The minimum Gasteiger partial charge on any atom is -0.300 e. The Balaban J connectivity index is 2.04. The van der Waals surface area contributed by atoms with Gasteiger partial charge in [-0.25, -0.2) is 0 Å². The molecule has 1 saturated carbocycles. The highest BCUT2D eigenvalue weighted by atomic mass is 32.2. The zero-order valence-electron chi connectivity index (χ0n) is 11.4. The lowest BCUT2D eigenvalue weighted by atomic mass is 9.80. The van der Waals surface area contributed by atoms with Crippen LogP contribution in [-0.4, -0.2) is 17.3 Å². The summed E-state index contributed by atoms with van der Waals surface area (Å²) in [6.45, 7) is 2.33. The Hall–Kier alpha value is -0.410. The number of benzene rings is 1. The topological polar surface area (TPSA) is 17.1 Å². The summed E-state index contributed by atoms with van der Waals surface area (Å²) in [5, 5.41) is 0. The molecule has 0 aromatic heterocycles. The second-order valence-electron chi connectivity index (χ2n) is 5.81. The third kappa shape index (κ3) is 2.25. The maximum Gasteiger partial charge on any atom is 0.133 e. The molecule has 0 bridgehead atoms. The van der Waals surface area contributed by atoms with Gasteiger partial charge in [-0.1, -0.05) is 37.3 Å². The molecule has 1 aliphatic heterocycles. The molecule has 1 unspecified atom stereocenters. The molecule has 1 nitrogen and oxygen atoms in total. The molecule has 1 atom stereocenters. The predicted octanol–water partition coefficient (Wildman–Crippen LogP) is 4.47. The molecule has 2 fully saturated rings. The molecule has 1 aliphatic carbocycles. The second kappa shape index (κ2) is 5.17. The first-order valence-electron chi connectivity index (χ1n) is 7.01. The Bertz CT molecular complexity index is 465. The van der Waals surface area contributed by atoms with E-state index < -0.39 is 0 Å². The van der Waals surface area contributed by atoms with Gasteiger partial charge in [0.25, 0.3) is 0 Å². The Morgan fingerprint density at radius 1 is 1.11 bits per heavy atom. The van der Waals surface area contributed by atoms with Crippen LogP contribution in [0.1, 0.15) is 38.2 Å². The van der Waals surface area contributed by atoms with E-state index in [4.69, 9.17) is 0 Å². The largest absolute Gasteiger partial charge is 0.300 e. The molecule has 1 heterocycles. The van der Waals surface area contributed by atoms with Gasteiger partial charge in [0.15, 0.2) is 0 Å². The Morgan fingerprint density at radius 3 is 2.37 bits per heavy atom. The molecule has 3 heteroatoms.